The Morgan fingerprint density at radius 3 is 2.50 bits per heavy atom. The van der Waals surface area contributed by atoms with Gasteiger partial charge in [0.05, 0.1) is 11.9 Å². The number of anilines is 1. The van der Waals surface area contributed by atoms with Gasteiger partial charge in [-0.15, -0.1) is 0 Å². The highest BCUT2D eigenvalue weighted by molar-refractivity contribution is 5.99. The molecule has 2 N–H and O–H groups in total. The van der Waals surface area contributed by atoms with Crippen molar-refractivity contribution in [3.05, 3.63) is 11.9 Å². The molecule has 1 aromatic heterocycles. The van der Waals surface area contributed by atoms with E-state index < -0.39 is 0 Å². The third-order valence-electron chi connectivity index (χ3n) is 2.98. The number of nitrogen functional groups attached to an aromatic ring is 1. The predicted molar refractivity (Wildman–Crippen MR) is 77.2 cm³/mol. The SMILES string of the molecule is CCCN(CC(=O)N(C)C)C(=O)c1c(N)cnn1CC. The van der Waals surface area contributed by atoms with Gasteiger partial charge in [-0.25, -0.2) is 0 Å². The molecule has 0 atom stereocenters. The summed E-state index contributed by atoms with van der Waals surface area (Å²) in [6, 6.07) is 0. The highest BCUT2D eigenvalue weighted by Gasteiger charge is 2.24. The van der Waals surface area contributed by atoms with Crippen molar-refractivity contribution in [2.75, 3.05) is 32.9 Å². The van der Waals surface area contributed by atoms with Crippen molar-refractivity contribution in [3.63, 3.8) is 0 Å². The van der Waals surface area contributed by atoms with E-state index in [4.69, 9.17) is 5.73 Å². The maximum absolute atomic E-state index is 12.6. The van der Waals surface area contributed by atoms with Crippen LogP contribution >= 0.6 is 0 Å². The number of carbonyl (C=O) groups excluding carboxylic acids is 2. The molecule has 0 radical (unpaired) electrons. The Bertz CT molecular complexity index is 481. The van der Waals surface area contributed by atoms with Gasteiger partial charge < -0.3 is 15.5 Å². The van der Waals surface area contributed by atoms with Gasteiger partial charge >= 0.3 is 0 Å². The number of aryl methyl sites for hydroxylation is 1. The van der Waals surface area contributed by atoms with Gasteiger partial charge in [0, 0.05) is 27.2 Å². The topological polar surface area (TPSA) is 84.5 Å². The number of likely N-dealkylation sites (N-methyl/N-ethyl adjacent to an activating group) is 1. The number of amides is 2. The van der Waals surface area contributed by atoms with Crippen LogP contribution in [-0.2, 0) is 11.3 Å². The molecule has 7 heteroatoms. The largest absolute Gasteiger partial charge is 0.396 e. The van der Waals surface area contributed by atoms with Crippen LogP contribution in [0.1, 0.15) is 30.8 Å². The molecular weight excluding hydrogens is 258 g/mol. The first-order valence-corrected chi connectivity index (χ1v) is 6.73. The minimum Gasteiger partial charge on any atom is -0.396 e. The van der Waals surface area contributed by atoms with Crippen molar-refractivity contribution in [3.8, 4) is 0 Å². The van der Waals surface area contributed by atoms with Crippen LogP contribution in [0.5, 0.6) is 0 Å². The van der Waals surface area contributed by atoms with E-state index in [9.17, 15) is 9.59 Å². The van der Waals surface area contributed by atoms with Crippen molar-refractivity contribution in [2.45, 2.75) is 26.8 Å². The molecule has 2 amide bonds. The minimum absolute atomic E-state index is 0.0496. The zero-order valence-electron chi connectivity index (χ0n) is 12.6. The lowest BCUT2D eigenvalue weighted by atomic mass is 10.3. The van der Waals surface area contributed by atoms with Crippen LogP contribution in [0, 0.1) is 0 Å². The first kappa shape index (κ1) is 16.0. The first-order chi connectivity index (χ1) is 9.42. The molecule has 7 nitrogen and oxygen atoms in total. The van der Waals surface area contributed by atoms with Crippen LogP contribution in [0.4, 0.5) is 5.69 Å². The van der Waals surface area contributed by atoms with Crippen LogP contribution in [0.15, 0.2) is 6.20 Å². The van der Waals surface area contributed by atoms with Crippen molar-refractivity contribution < 1.29 is 9.59 Å². The maximum atomic E-state index is 12.6. The van der Waals surface area contributed by atoms with Gasteiger partial charge in [0.25, 0.3) is 5.91 Å². The Kier molecular flexibility index (Phi) is 5.54. The van der Waals surface area contributed by atoms with E-state index in [1.165, 1.54) is 16.0 Å². The molecule has 0 bridgehead atoms. The van der Waals surface area contributed by atoms with E-state index in [1.54, 1.807) is 18.8 Å². The van der Waals surface area contributed by atoms with Crippen LogP contribution < -0.4 is 5.73 Å². The normalized spacial score (nSPS) is 10.4. The van der Waals surface area contributed by atoms with E-state index in [0.717, 1.165) is 6.42 Å². The van der Waals surface area contributed by atoms with Gasteiger partial charge in [-0.1, -0.05) is 6.92 Å². The number of nitrogens with zero attached hydrogens (tertiary/aromatic N) is 4. The number of rotatable bonds is 6. The molecule has 0 saturated heterocycles. The smallest absolute Gasteiger partial charge is 0.274 e. The number of hydrogen-bond acceptors (Lipinski definition) is 4. The van der Waals surface area contributed by atoms with Gasteiger partial charge in [0.1, 0.15) is 12.2 Å². The van der Waals surface area contributed by atoms with Gasteiger partial charge in [0.2, 0.25) is 5.91 Å². The molecule has 0 fully saturated rings. The molecule has 1 rings (SSSR count). The second-order valence-electron chi connectivity index (χ2n) is 4.78. The molecule has 0 aliphatic heterocycles. The van der Waals surface area contributed by atoms with Crippen LogP contribution in [0.25, 0.3) is 0 Å². The molecule has 0 unspecified atom stereocenters. The number of nitrogens with two attached hydrogens (primary N) is 1. The van der Waals surface area contributed by atoms with E-state index in [0.29, 0.717) is 24.5 Å². The summed E-state index contributed by atoms with van der Waals surface area (Å²) >= 11 is 0. The van der Waals surface area contributed by atoms with Crippen LogP contribution in [-0.4, -0.2) is 58.6 Å². The summed E-state index contributed by atoms with van der Waals surface area (Å²) in [6.07, 6.45) is 2.24. The Morgan fingerprint density at radius 2 is 2.00 bits per heavy atom. The summed E-state index contributed by atoms with van der Waals surface area (Å²) < 4.78 is 1.56. The predicted octanol–water partition coefficient (Wildman–Crippen LogP) is 0.426. The molecule has 0 saturated carbocycles. The van der Waals surface area contributed by atoms with Crippen molar-refractivity contribution in [2.24, 2.45) is 0 Å². The van der Waals surface area contributed by atoms with Gasteiger partial charge in [-0.2, -0.15) is 5.10 Å². The standard InChI is InChI=1S/C13H23N5O2/c1-5-7-17(9-11(19)16(3)4)13(20)12-10(14)8-15-18(12)6-2/h8H,5-7,9,14H2,1-4H3. The maximum Gasteiger partial charge on any atom is 0.274 e. The third kappa shape index (κ3) is 3.49. The second kappa shape index (κ2) is 6.93. The van der Waals surface area contributed by atoms with Gasteiger partial charge in [-0.05, 0) is 13.3 Å². The van der Waals surface area contributed by atoms with Gasteiger partial charge in [-0.3, -0.25) is 14.3 Å². The van der Waals surface area contributed by atoms with Crippen molar-refractivity contribution in [1.29, 1.82) is 0 Å². The molecule has 112 valence electrons. The van der Waals surface area contributed by atoms with Crippen molar-refractivity contribution in [1.82, 2.24) is 19.6 Å². The number of carbonyl (C=O) groups is 2. The lowest BCUT2D eigenvalue weighted by Gasteiger charge is -2.23. The van der Waals surface area contributed by atoms with E-state index >= 15 is 0 Å². The van der Waals surface area contributed by atoms with E-state index in [-0.39, 0.29) is 18.4 Å². The Balaban J connectivity index is 2.99. The van der Waals surface area contributed by atoms with Crippen molar-refractivity contribution >= 4 is 17.5 Å². The summed E-state index contributed by atoms with van der Waals surface area (Å²) in [5.41, 5.74) is 6.51. The molecule has 0 aliphatic carbocycles. The molecule has 0 aromatic carbocycles. The van der Waals surface area contributed by atoms with Gasteiger partial charge in [0.15, 0.2) is 0 Å². The lowest BCUT2D eigenvalue weighted by Crippen LogP contribution is -2.41. The molecule has 1 aromatic rings. The monoisotopic (exact) mass is 281 g/mol. The molecule has 0 spiro atoms. The zero-order chi connectivity index (χ0) is 15.3. The Labute approximate surface area is 119 Å². The number of aromatic nitrogens is 2. The third-order valence-corrected chi connectivity index (χ3v) is 2.98. The summed E-state index contributed by atoms with van der Waals surface area (Å²) in [5, 5.41) is 4.06. The highest BCUT2D eigenvalue weighted by atomic mass is 16.2. The molecule has 0 aliphatic rings. The molecule has 1 heterocycles. The van der Waals surface area contributed by atoms with Crippen LogP contribution in [0.2, 0.25) is 0 Å². The Hall–Kier alpha value is -2.05. The highest BCUT2D eigenvalue weighted by Crippen LogP contribution is 2.14. The fourth-order valence-corrected chi connectivity index (χ4v) is 1.85. The summed E-state index contributed by atoms with van der Waals surface area (Å²) in [6.45, 7) is 4.96. The summed E-state index contributed by atoms with van der Waals surface area (Å²) in [7, 11) is 3.34. The summed E-state index contributed by atoms with van der Waals surface area (Å²) in [4.78, 5) is 27.4. The fraction of sp³-hybridized carbons (Fsp3) is 0.615. The fourth-order valence-electron chi connectivity index (χ4n) is 1.85. The second-order valence-corrected chi connectivity index (χ2v) is 4.78. The van der Waals surface area contributed by atoms with E-state index in [2.05, 4.69) is 5.10 Å². The average Bonchev–Trinajstić information content (AvgIpc) is 2.78. The lowest BCUT2D eigenvalue weighted by molar-refractivity contribution is -0.129. The zero-order valence-corrected chi connectivity index (χ0v) is 12.6. The molecule has 20 heavy (non-hydrogen) atoms. The van der Waals surface area contributed by atoms with Crippen LogP contribution in [0.3, 0.4) is 0 Å². The summed E-state index contributed by atoms with van der Waals surface area (Å²) in [5.74, 6) is -0.369. The average molecular weight is 281 g/mol. The Morgan fingerprint density at radius 1 is 1.35 bits per heavy atom. The number of hydrogen-bond donors (Lipinski definition) is 1. The minimum atomic E-state index is -0.251. The quantitative estimate of drug-likeness (QED) is 0.819. The first-order valence-electron chi connectivity index (χ1n) is 6.73. The molecular formula is C13H23N5O2. The van der Waals surface area contributed by atoms with E-state index in [1.807, 2.05) is 13.8 Å².